The number of urea groups is 1. The first-order chi connectivity index (χ1) is 9.04. The van der Waals surface area contributed by atoms with Gasteiger partial charge in [0.05, 0.1) is 5.88 Å². The summed E-state index contributed by atoms with van der Waals surface area (Å²) in [6, 6.07) is -0.419. The number of piperazine rings is 1. The molecule has 2 aliphatic heterocycles. The normalized spacial score (nSPS) is 28.7. The minimum absolute atomic E-state index is 0.121. The predicted molar refractivity (Wildman–Crippen MR) is 74.3 cm³/mol. The summed E-state index contributed by atoms with van der Waals surface area (Å²) in [6.45, 7) is 4.34. The van der Waals surface area contributed by atoms with Crippen LogP contribution in [0.5, 0.6) is 0 Å². The number of carbonyl (C=O) groups is 2. The summed E-state index contributed by atoms with van der Waals surface area (Å²) in [4.78, 5) is 29.1. The smallest absolute Gasteiger partial charge is 0.327 e. The molecule has 19 heavy (non-hydrogen) atoms. The number of rotatable bonds is 2. The summed E-state index contributed by atoms with van der Waals surface area (Å²) in [5, 5.41) is 9.14. The van der Waals surface area contributed by atoms with E-state index < -0.39 is 12.0 Å². The highest BCUT2D eigenvalue weighted by Gasteiger charge is 2.38. The Kier molecular flexibility index (Phi) is 4.57. The molecule has 0 bridgehead atoms. The first kappa shape index (κ1) is 14.5. The van der Waals surface area contributed by atoms with Crippen molar-refractivity contribution in [3.63, 3.8) is 0 Å². The van der Waals surface area contributed by atoms with Crippen LogP contribution in [0, 0.1) is 0 Å². The van der Waals surface area contributed by atoms with Crippen LogP contribution >= 0.6 is 11.8 Å². The Bertz CT molecular complexity index is 366. The number of carboxylic acids is 1. The van der Waals surface area contributed by atoms with E-state index in [-0.39, 0.29) is 6.03 Å². The molecular formula is C12H21N3O3S. The lowest BCUT2D eigenvalue weighted by molar-refractivity contribution is -0.141. The molecule has 0 radical (unpaired) electrons. The molecule has 0 aliphatic carbocycles. The Morgan fingerprint density at radius 2 is 2.11 bits per heavy atom. The molecule has 0 aromatic heterocycles. The summed E-state index contributed by atoms with van der Waals surface area (Å²) >= 11 is 1.51. The second-order valence-corrected chi connectivity index (χ2v) is 6.09. The Morgan fingerprint density at radius 1 is 1.37 bits per heavy atom. The molecule has 6 nitrogen and oxygen atoms in total. The predicted octanol–water partition coefficient (Wildman–Crippen LogP) is 0.592. The molecule has 1 unspecified atom stereocenters. The molecule has 1 N–H and O–H groups in total. The van der Waals surface area contributed by atoms with Gasteiger partial charge in [-0.2, -0.15) is 0 Å². The maximum absolute atomic E-state index is 12.4. The SMILES string of the molecule is CCC1CN(C(=O)N2CSC[C@H]2C(=O)O)CCN1C. The average Bonchev–Trinajstić information content (AvgIpc) is 2.87. The molecule has 0 aromatic carbocycles. The summed E-state index contributed by atoms with van der Waals surface area (Å²) < 4.78 is 0. The maximum atomic E-state index is 12.4. The van der Waals surface area contributed by atoms with E-state index in [1.807, 2.05) is 0 Å². The van der Waals surface area contributed by atoms with Crippen LogP contribution in [-0.2, 0) is 4.79 Å². The number of likely N-dealkylation sites (N-methyl/N-ethyl adjacent to an activating group) is 1. The second-order valence-electron chi connectivity index (χ2n) is 5.09. The average molecular weight is 287 g/mol. The molecule has 0 aromatic rings. The van der Waals surface area contributed by atoms with Crippen molar-refractivity contribution in [1.82, 2.24) is 14.7 Å². The van der Waals surface area contributed by atoms with E-state index in [1.54, 1.807) is 4.90 Å². The summed E-state index contributed by atoms with van der Waals surface area (Å²) in [7, 11) is 2.07. The van der Waals surface area contributed by atoms with Crippen molar-refractivity contribution in [2.24, 2.45) is 0 Å². The second kappa shape index (κ2) is 6.00. The maximum Gasteiger partial charge on any atom is 0.327 e. The minimum Gasteiger partial charge on any atom is -0.480 e. The van der Waals surface area contributed by atoms with Gasteiger partial charge in [0.25, 0.3) is 0 Å². The van der Waals surface area contributed by atoms with Crippen LogP contribution in [0.4, 0.5) is 4.79 Å². The van der Waals surface area contributed by atoms with Gasteiger partial charge in [-0.1, -0.05) is 6.92 Å². The van der Waals surface area contributed by atoms with Crippen molar-refractivity contribution in [3.05, 3.63) is 0 Å². The van der Waals surface area contributed by atoms with Crippen LogP contribution in [-0.4, -0.2) is 82.2 Å². The van der Waals surface area contributed by atoms with E-state index >= 15 is 0 Å². The Hall–Kier alpha value is -0.950. The van der Waals surface area contributed by atoms with E-state index in [2.05, 4.69) is 18.9 Å². The van der Waals surface area contributed by atoms with Gasteiger partial charge in [0.15, 0.2) is 0 Å². The zero-order valence-corrected chi connectivity index (χ0v) is 12.2. The van der Waals surface area contributed by atoms with Crippen molar-refractivity contribution in [2.75, 3.05) is 38.3 Å². The minimum atomic E-state index is -0.903. The molecule has 2 heterocycles. The quantitative estimate of drug-likeness (QED) is 0.805. The molecule has 2 rings (SSSR count). The first-order valence-electron chi connectivity index (χ1n) is 6.61. The van der Waals surface area contributed by atoms with Gasteiger partial charge >= 0.3 is 12.0 Å². The van der Waals surface area contributed by atoms with Gasteiger partial charge in [-0.15, -0.1) is 11.8 Å². The Labute approximate surface area is 117 Å². The topological polar surface area (TPSA) is 64.1 Å². The third-order valence-corrected chi connectivity index (χ3v) is 4.94. The molecular weight excluding hydrogens is 266 g/mol. The molecule has 7 heteroatoms. The van der Waals surface area contributed by atoms with Crippen molar-refractivity contribution < 1.29 is 14.7 Å². The van der Waals surface area contributed by atoms with E-state index in [0.717, 1.165) is 13.0 Å². The van der Waals surface area contributed by atoms with Crippen molar-refractivity contribution in [2.45, 2.75) is 25.4 Å². The number of amides is 2. The molecule has 0 spiro atoms. The molecule has 2 amide bonds. The summed E-state index contributed by atoms with van der Waals surface area (Å²) in [5.41, 5.74) is 0. The van der Waals surface area contributed by atoms with E-state index in [0.29, 0.717) is 30.8 Å². The number of nitrogens with zero attached hydrogens (tertiary/aromatic N) is 3. The number of thioether (sulfide) groups is 1. The van der Waals surface area contributed by atoms with Crippen molar-refractivity contribution >= 4 is 23.8 Å². The van der Waals surface area contributed by atoms with E-state index in [1.165, 1.54) is 16.7 Å². The van der Waals surface area contributed by atoms with Crippen LogP contribution in [0.3, 0.4) is 0 Å². The highest BCUT2D eigenvalue weighted by molar-refractivity contribution is 7.99. The first-order valence-corrected chi connectivity index (χ1v) is 7.76. The molecule has 108 valence electrons. The summed E-state index contributed by atoms with van der Waals surface area (Å²) in [5.74, 6) is 0.0739. The van der Waals surface area contributed by atoms with E-state index in [9.17, 15) is 9.59 Å². The fourth-order valence-corrected chi connectivity index (χ4v) is 3.72. The number of aliphatic carboxylic acids is 1. The number of hydrogen-bond donors (Lipinski definition) is 1. The fourth-order valence-electron chi connectivity index (χ4n) is 2.58. The van der Waals surface area contributed by atoms with Gasteiger partial charge in [-0.25, -0.2) is 9.59 Å². The number of carboxylic acid groups (broad SMARTS) is 1. The largest absolute Gasteiger partial charge is 0.480 e. The van der Waals surface area contributed by atoms with Gasteiger partial charge in [0.2, 0.25) is 0 Å². The van der Waals surface area contributed by atoms with Gasteiger partial charge in [-0.3, -0.25) is 4.90 Å². The monoisotopic (exact) mass is 287 g/mol. The molecule has 2 fully saturated rings. The number of carbonyl (C=O) groups excluding carboxylic acids is 1. The van der Waals surface area contributed by atoms with Gasteiger partial charge in [0.1, 0.15) is 6.04 Å². The van der Waals surface area contributed by atoms with Crippen LogP contribution in [0.15, 0.2) is 0 Å². The van der Waals surface area contributed by atoms with Crippen LogP contribution in [0.25, 0.3) is 0 Å². The standard InChI is InChI=1S/C12H21N3O3S/c1-3-9-6-14(5-4-13(9)2)12(18)15-8-19-7-10(15)11(16)17/h9-10H,3-8H2,1-2H3,(H,16,17)/t9?,10-/m0/s1. The van der Waals surface area contributed by atoms with Crippen LogP contribution in [0.1, 0.15) is 13.3 Å². The van der Waals surface area contributed by atoms with E-state index in [4.69, 9.17) is 5.11 Å². The van der Waals surface area contributed by atoms with Crippen LogP contribution < -0.4 is 0 Å². The Balaban J connectivity index is 2.01. The third kappa shape index (κ3) is 2.97. The molecule has 0 saturated carbocycles. The molecule has 2 atom stereocenters. The lowest BCUT2D eigenvalue weighted by Crippen LogP contribution is -2.57. The van der Waals surface area contributed by atoms with Crippen molar-refractivity contribution in [3.8, 4) is 0 Å². The lowest BCUT2D eigenvalue weighted by atomic mass is 10.1. The third-order valence-electron chi connectivity index (χ3n) is 3.93. The summed E-state index contributed by atoms with van der Waals surface area (Å²) in [6.07, 6.45) is 0.997. The molecule has 2 aliphatic rings. The van der Waals surface area contributed by atoms with Crippen molar-refractivity contribution in [1.29, 1.82) is 0 Å². The Morgan fingerprint density at radius 3 is 2.74 bits per heavy atom. The zero-order chi connectivity index (χ0) is 14.0. The van der Waals surface area contributed by atoms with Gasteiger partial charge in [-0.05, 0) is 13.5 Å². The van der Waals surface area contributed by atoms with Gasteiger partial charge in [0, 0.05) is 31.4 Å². The molecule has 2 saturated heterocycles. The van der Waals surface area contributed by atoms with Gasteiger partial charge < -0.3 is 14.9 Å². The zero-order valence-electron chi connectivity index (χ0n) is 11.4. The fraction of sp³-hybridized carbons (Fsp3) is 0.833. The van der Waals surface area contributed by atoms with Crippen LogP contribution in [0.2, 0.25) is 0 Å². The highest BCUT2D eigenvalue weighted by atomic mass is 32.2. The lowest BCUT2D eigenvalue weighted by Gasteiger charge is -2.40. The highest BCUT2D eigenvalue weighted by Crippen LogP contribution is 2.23. The number of hydrogen-bond acceptors (Lipinski definition) is 4.